The summed E-state index contributed by atoms with van der Waals surface area (Å²) >= 11 is 11.8. The summed E-state index contributed by atoms with van der Waals surface area (Å²) in [6, 6.07) is 6.86. The summed E-state index contributed by atoms with van der Waals surface area (Å²) in [6.45, 7) is 1.59. The number of hydrogen-bond acceptors (Lipinski definition) is 7. The number of carbonyl (C=O) groups excluding carboxylic acids is 1. The zero-order chi connectivity index (χ0) is 25.7. The Kier molecular flexibility index (Phi) is 8.11. The lowest BCUT2D eigenvalue weighted by Crippen LogP contribution is -2.53. The predicted octanol–water partition coefficient (Wildman–Crippen LogP) is 3.18. The number of nitrogens with one attached hydrogen (secondary N) is 3. The maximum atomic E-state index is 12.8. The molecule has 2 aliphatic rings. The number of ether oxygens (including phenoxy) is 2. The fraction of sp³-hybridized carbons (Fsp3) is 0.333. The van der Waals surface area contributed by atoms with Crippen molar-refractivity contribution in [3.63, 3.8) is 0 Å². The highest BCUT2D eigenvalue weighted by molar-refractivity contribution is 7.81. The second-order valence-electron chi connectivity index (χ2n) is 8.20. The molecule has 1 fully saturated rings. The Morgan fingerprint density at radius 2 is 2.22 bits per heavy atom. The third-order valence-corrected chi connectivity index (χ3v) is 6.62. The number of likely N-dealkylation sites (tertiary alicyclic amines) is 1. The van der Waals surface area contributed by atoms with E-state index >= 15 is 0 Å². The summed E-state index contributed by atoms with van der Waals surface area (Å²) in [5, 5.41) is 18.8. The topological polar surface area (TPSA) is 125 Å². The maximum absolute atomic E-state index is 12.8. The molecule has 190 valence electrons. The molecule has 1 aromatic heterocycles. The monoisotopic (exact) mass is 531 g/mol. The third kappa shape index (κ3) is 5.63. The molecular weight excluding hydrogens is 506 g/mol. The Bertz CT molecular complexity index is 1210. The molecule has 4 rings (SSSR count). The van der Waals surface area contributed by atoms with Gasteiger partial charge in [0.15, 0.2) is 5.75 Å². The van der Waals surface area contributed by atoms with Crippen LogP contribution in [0.15, 0.2) is 47.9 Å². The predicted molar refractivity (Wildman–Crippen MR) is 139 cm³/mol. The number of rotatable bonds is 9. The van der Waals surface area contributed by atoms with Crippen molar-refractivity contribution in [1.29, 1.82) is 0 Å². The lowest BCUT2D eigenvalue weighted by atomic mass is 10.1. The number of methoxy groups -OCH3 is 1. The summed E-state index contributed by atoms with van der Waals surface area (Å²) in [7, 11) is 1.51. The van der Waals surface area contributed by atoms with E-state index < -0.39 is 6.09 Å². The zero-order valence-electron chi connectivity index (χ0n) is 19.5. The second-order valence-corrected chi connectivity index (χ2v) is 9.02. The number of hydrogen-bond donors (Lipinski definition) is 4. The van der Waals surface area contributed by atoms with Crippen molar-refractivity contribution in [3.05, 3.63) is 58.5 Å². The smallest absolute Gasteiger partial charge is 0.407 e. The van der Waals surface area contributed by atoms with Gasteiger partial charge in [-0.3, -0.25) is 9.78 Å². The van der Waals surface area contributed by atoms with Gasteiger partial charge in [0.2, 0.25) is 0 Å². The van der Waals surface area contributed by atoms with Gasteiger partial charge >= 0.3 is 6.09 Å². The molecule has 1 aromatic carbocycles. The molecule has 0 bridgehead atoms. The first-order valence-corrected chi connectivity index (χ1v) is 12.1. The van der Waals surface area contributed by atoms with Crippen LogP contribution in [0.1, 0.15) is 18.4 Å². The van der Waals surface area contributed by atoms with Crippen molar-refractivity contribution in [2.45, 2.75) is 25.4 Å². The Hall–Kier alpha value is -3.57. The van der Waals surface area contributed by atoms with Gasteiger partial charge in [-0.25, -0.2) is 4.79 Å². The number of anilines is 1. The van der Waals surface area contributed by atoms with Gasteiger partial charge in [0, 0.05) is 43.5 Å². The molecule has 0 spiro atoms. The van der Waals surface area contributed by atoms with Crippen molar-refractivity contribution >= 4 is 46.5 Å². The first-order chi connectivity index (χ1) is 17.4. The number of carboxylic acid groups (broad SMARTS) is 1. The number of aromatic nitrogens is 1. The number of para-hydroxylation sites is 1. The Morgan fingerprint density at radius 3 is 2.94 bits per heavy atom. The van der Waals surface area contributed by atoms with Crippen LogP contribution < -0.4 is 25.4 Å². The minimum absolute atomic E-state index is 0.174. The fourth-order valence-electron chi connectivity index (χ4n) is 4.01. The number of halogens is 1. The second kappa shape index (κ2) is 11.4. The molecule has 2 aromatic rings. The first kappa shape index (κ1) is 25.5. The number of benzene rings is 1. The molecule has 2 aliphatic heterocycles. The number of thiocarbonyl (C=S) groups is 1. The minimum Gasteiger partial charge on any atom is -0.493 e. The standard InChI is InChI=1S/C24H26ClN5O5S/c1-34-21-16(25)3-2-4-18(21)29-23(36)20-17(6-9-27-22(20)31)28-11-14-5-8-26-12-19(14)35-13-15-7-10-30(15)24(32)33/h2-5,8,12,15,28H,6-7,9-11,13H2,1H3,(H,27,31)(H,29,36)(H,32,33)/t15-/m0/s1. The summed E-state index contributed by atoms with van der Waals surface area (Å²) in [6.07, 6.45) is 3.62. The molecule has 0 radical (unpaired) electrons. The van der Waals surface area contributed by atoms with Crippen molar-refractivity contribution in [1.82, 2.24) is 20.5 Å². The van der Waals surface area contributed by atoms with Crippen LogP contribution in [0.25, 0.3) is 0 Å². The van der Waals surface area contributed by atoms with Gasteiger partial charge in [-0.2, -0.15) is 0 Å². The van der Waals surface area contributed by atoms with Crippen molar-refractivity contribution < 1.29 is 24.2 Å². The number of nitrogens with zero attached hydrogens (tertiary/aromatic N) is 2. The van der Waals surface area contributed by atoms with E-state index in [0.29, 0.717) is 59.5 Å². The normalized spacial score (nSPS) is 17.1. The van der Waals surface area contributed by atoms with Crippen molar-refractivity contribution in [2.75, 3.05) is 32.1 Å². The van der Waals surface area contributed by atoms with E-state index in [2.05, 4.69) is 20.9 Å². The molecule has 1 atom stereocenters. The highest BCUT2D eigenvalue weighted by atomic mass is 35.5. The van der Waals surface area contributed by atoms with Gasteiger partial charge in [0.25, 0.3) is 5.91 Å². The molecule has 0 aliphatic carbocycles. The van der Waals surface area contributed by atoms with Crippen molar-refractivity contribution in [2.24, 2.45) is 0 Å². The van der Waals surface area contributed by atoms with Crippen LogP contribution in [0.4, 0.5) is 10.5 Å². The Balaban J connectivity index is 1.48. The average Bonchev–Trinajstić information content (AvgIpc) is 2.82. The fourth-order valence-corrected chi connectivity index (χ4v) is 4.58. The van der Waals surface area contributed by atoms with Crippen LogP contribution in [-0.2, 0) is 11.3 Å². The van der Waals surface area contributed by atoms with E-state index in [1.807, 2.05) is 6.07 Å². The molecule has 10 nitrogen and oxygen atoms in total. The molecule has 0 saturated carbocycles. The highest BCUT2D eigenvalue weighted by Crippen LogP contribution is 2.33. The molecule has 3 heterocycles. The van der Waals surface area contributed by atoms with E-state index in [4.69, 9.17) is 33.3 Å². The van der Waals surface area contributed by atoms with Gasteiger partial charge < -0.3 is 35.4 Å². The van der Waals surface area contributed by atoms with Crippen molar-refractivity contribution in [3.8, 4) is 11.5 Å². The first-order valence-electron chi connectivity index (χ1n) is 11.3. The zero-order valence-corrected chi connectivity index (χ0v) is 21.1. The van der Waals surface area contributed by atoms with Gasteiger partial charge in [-0.15, -0.1) is 0 Å². The number of pyridine rings is 1. The van der Waals surface area contributed by atoms with E-state index in [9.17, 15) is 14.7 Å². The summed E-state index contributed by atoms with van der Waals surface area (Å²) in [4.78, 5) is 29.7. The lowest BCUT2D eigenvalue weighted by molar-refractivity contribution is -0.117. The molecule has 1 saturated heterocycles. The van der Waals surface area contributed by atoms with E-state index in [1.165, 1.54) is 12.0 Å². The summed E-state index contributed by atoms with van der Waals surface area (Å²) in [5.41, 5.74) is 2.40. The molecular formula is C24H26ClN5O5S. The molecule has 0 unspecified atom stereocenters. The summed E-state index contributed by atoms with van der Waals surface area (Å²) < 4.78 is 11.3. The van der Waals surface area contributed by atoms with Crippen LogP contribution in [0, 0.1) is 0 Å². The average molecular weight is 532 g/mol. The SMILES string of the molecule is COc1c(Cl)cccc1NC(=S)C1=C(NCc2ccncc2OC[C@@H]2CCN2C(=O)O)CCNC1=O. The lowest BCUT2D eigenvalue weighted by Gasteiger charge is -2.38. The summed E-state index contributed by atoms with van der Waals surface area (Å²) in [5.74, 6) is 0.695. The quantitative estimate of drug-likeness (QED) is 0.361. The van der Waals surface area contributed by atoms with Gasteiger partial charge in [-0.05, 0) is 24.6 Å². The molecule has 12 heteroatoms. The van der Waals surface area contributed by atoms with Gasteiger partial charge in [0.1, 0.15) is 17.3 Å². The number of amides is 2. The van der Waals surface area contributed by atoms with Crippen LogP contribution in [0.5, 0.6) is 11.5 Å². The highest BCUT2D eigenvalue weighted by Gasteiger charge is 2.32. The van der Waals surface area contributed by atoms with Crippen LogP contribution in [-0.4, -0.2) is 64.8 Å². The van der Waals surface area contributed by atoms with Gasteiger partial charge in [0.05, 0.1) is 35.6 Å². The van der Waals surface area contributed by atoms with Gasteiger partial charge in [-0.1, -0.05) is 29.9 Å². The van der Waals surface area contributed by atoms with E-state index in [0.717, 1.165) is 12.0 Å². The Labute approximate surface area is 218 Å². The molecule has 36 heavy (non-hydrogen) atoms. The van der Waals surface area contributed by atoms with E-state index in [1.54, 1.807) is 30.6 Å². The third-order valence-electron chi connectivity index (χ3n) is 6.02. The maximum Gasteiger partial charge on any atom is 0.407 e. The molecule has 2 amide bonds. The largest absolute Gasteiger partial charge is 0.493 e. The van der Waals surface area contributed by atoms with E-state index in [-0.39, 0.29) is 23.5 Å². The minimum atomic E-state index is -0.946. The molecule has 4 N–H and O–H groups in total. The Morgan fingerprint density at radius 1 is 1.39 bits per heavy atom. The number of carbonyl (C=O) groups is 2. The van der Waals surface area contributed by atoms with Crippen LogP contribution in [0.2, 0.25) is 5.02 Å². The van der Waals surface area contributed by atoms with Crippen LogP contribution in [0.3, 0.4) is 0 Å². The van der Waals surface area contributed by atoms with Crippen LogP contribution >= 0.6 is 23.8 Å².